The summed E-state index contributed by atoms with van der Waals surface area (Å²) >= 11 is 0. The molecule has 1 saturated heterocycles. The average molecular weight is 325 g/mol. The Morgan fingerprint density at radius 1 is 0.913 bits per heavy atom. The first-order valence-corrected chi connectivity index (χ1v) is 9.88. The van der Waals surface area contributed by atoms with Crippen LogP contribution < -0.4 is 0 Å². The van der Waals surface area contributed by atoms with Crippen molar-refractivity contribution in [2.45, 2.75) is 104 Å². The molecule has 0 aromatic heterocycles. The lowest BCUT2D eigenvalue weighted by atomic mass is 9.92. The number of hydrogen-bond acceptors (Lipinski definition) is 3. The van der Waals surface area contributed by atoms with Gasteiger partial charge in [0.25, 0.3) is 0 Å². The van der Waals surface area contributed by atoms with Crippen molar-refractivity contribution in [3.8, 4) is 0 Å². The zero-order chi connectivity index (χ0) is 16.9. The largest absolute Gasteiger partial charge is 0.393 e. The van der Waals surface area contributed by atoms with Gasteiger partial charge in [-0.05, 0) is 18.8 Å². The second-order valence-corrected chi connectivity index (χ2v) is 7.35. The highest BCUT2D eigenvalue weighted by Gasteiger charge is 2.32. The maximum absolute atomic E-state index is 11.4. The summed E-state index contributed by atoms with van der Waals surface area (Å²) in [7, 11) is 0. The van der Waals surface area contributed by atoms with Crippen molar-refractivity contribution in [3.63, 3.8) is 0 Å². The normalized spacial score (nSPS) is 19.1. The zero-order valence-electron chi connectivity index (χ0n) is 15.3. The molecule has 23 heavy (non-hydrogen) atoms. The lowest BCUT2D eigenvalue weighted by molar-refractivity contribution is -0.153. The van der Waals surface area contributed by atoms with Gasteiger partial charge in [-0.15, -0.1) is 0 Å². The predicted octanol–water partition coefficient (Wildman–Crippen LogP) is 5.80. The SMILES string of the molecule is CCCCCCCCCCCCC(C)CCC1CC(=O)OC1=O. The molecule has 0 saturated carbocycles. The molecule has 0 spiro atoms. The van der Waals surface area contributed by atoms with Crippen molar-refractivity contribution in [1.82, 2.24) is 0 Å². The van der Waals surface area contributed by atoms with Gasteiger partial charge in [-0.25, -0.2) is 0 Å². The van der Waals surface area contributed by atoms with Gasteiger partial charge in [-0.3, -0.25) is 9.59 Å². The molecule has 0 aromatic rings. The van der Waals surface area contributed by atoms with Crippen LogP contribution in [0.25, 0.3) is 0 Å². The van der Waals surface area contributed by atoms with Gasteiger partial charge in [0.1, 0.15) is 0 Å². The Balaban J connectivity index is 1.87. The summed E-state index contributed by atoms with van der Waals surface area (Å²) in [4.78, 5) is 22.4. The predicted molar refractivity (Wildman–Crippen MR) is 94.1 cm³/mol. The van der Waals surface area contributed by atoms with Crippen LogP contribution in [0.4, 0.5) is 0 Å². The van der Waals surface area contributed by atoms with Gasteiger partial charge >= 0.3 is 11.9 Å². The third kappa shape index (κ3) is 9.78. The van der Waals surface area contributed by atoms with E-state index in [0.29, 0.717) is 12.3 Å². The molecule has 1 fully saturated rings. The van der Waals surface area contributed by atoms with E-state index in [4.69, 9.17) is 0 Å². The van der Waals surface area contributed by atoms with E-state index in [0.717, 1.165) is 12.8 Å². The maximum atomic E-state index is 11.4. The number of esters is 2. The molecule has 1 heterocycles. The quantitative estimate of drug-likeness (QED) is 0.230. The third-order valence-electron chi connectivity index (χ3n) is 5.02. The first-order valence-electron chi connectivity index (χ1n) is 9.88. The fraction of sp³-hybridized carbons (Fsp3) is 0.900. The van der Waals surface area contributed by atoms with E-state index in [9.17, 15) is 9.59 Å². The van der Waals surface area contributed by atoms with Gasteiger partial charge < -0.3 is 4.74 Å². The van der Waals surface area contributed by atoms with Crippen LogP contribution in [-0.2, 0) is 14.3 Å². The van der Waals surface area contributed by atoms with Crippen LogP contribution in [-0.4, -0.2) is 11.9 Å². The van der Waals surface area contributed by atoms with Crippen LogP contribution in [0.3, 0.4) is 0 Å². The number of cyclic esters (lactones) is 2. The number of ether oxygens (including phenoxy) is 1. The van der Waals surface area contributed by atoms with Crippen molar-refractivity contribution in [2.24, 2.45) is 11.8 Å². The topological polar surface area (TPSA) is 43.4 Å². The highest BCUT2D eigenvalue weighted by Crippen LogP contribution is 2.25. The molecular weight excluding hydrogens is 288 g/mol. The van der Waals surface area contributed by atoms with Gasteiger partial charge in [0.15, 0.2) is 0 Å². The molecule has 3 heteroatoms. The van der Waals surface area contributed by atoms with E-state index in [2.05, 4.69) is 18.6 Å². The molecule has 0 aliphatic carbocycles. The van der Waals surface area contributed by atoms with Crippen molar-refractivity contribution in [1.29, 1.82) is 0 Å². The second-order valence-electron chi connectivity index (χ2n) is 7.35. The number of carbonyl (C=O) groups excluding carboxylic acids is 2. The summed E-state index contributed by atoms with van der Waals surface area (Å²) in [5.41, 5.74) is 0. The number of carbonyl (C=O) groups is 2. The van der Waals surface area contributed by atoms with Gasteiger partial charge in [0.2, 0.25) is 0 Å². The molecule has 1 aliphatic rings. The first-order chi connectivity index (χ1) is 11.1. The van der Waals surface area contributed by atoms with Gasteiger partial charge in [-0.2, -0.15) is 0 Å². The molecule has 1 rings (SSSR count). The Labute approximate surface area is 142 Å². The van der Waals surface area contributed by atoms with Crippen LogP contribution in [0, 0.1) is 11.8 Å². The molecule has 0 aromatic carbocycles. The van der Waals surface area contributed by atoms with E-state index < -0.39 is 0 Å². The molecular formula is C20H36O3. The maximum Gasteiger partial charge on any atom is 0.317 e. The zero-order valence-corrected chi connectivity index (χ0v) is 15.3. The first kappa shape index (κ1) is 20.2. The van der Waals surface area contributed by atoms with Gasteiger partial charge in [-0.1, -0.05) is 84.5 Å². The van der Waals surface area contributed by atoms with E-state index in [1.54, 1.807) is 0 Å². The van der Waals surface area contributed by atoms with Crippen LogP contribution in [0.5, 0.6) is 0 Å². The highest BCUT2D eigenvalue weighted by atomic mass is 16.6. The molecule has 3 nitrogen and oxygen atoms in total. The molecule has 0 N–H and O–H groups in total. The number of unbranched alkanes of at least 4 members (excludes halogenated alkanes) is 9. The lowest BCUT2D eigenvalue weighted by Gasteiger charge is -2.12. The van der Waals surface area contributed by atoms with E-state index >= 15 is 0 Å². The molecule has 0 radical (unpaired) electrons. The van der Waals surface area contributed by atoms with Crippen molar-refractivity contribution in [3.05, 3.63) is 0 Å². The summed E-state index contributed by atoms with van der Waals surface area (Å²) in [6, 6.07) is 0. The Kier molecular flexibility index (Phi) is 11.0. The molecule has 0 amide bonds. The minimum atomic E-state index is -0.345. The van der Waals surface area contributed by atoms with Crippen molar-refractivity contribution >= 4 is 11.9 Å². The molecule has 0 bridgehead atoms. The molecule has 134 valence electrons. The summed E-state index contributed by atoms with van der Waals surface area (Å²) in [6.07, 6.45) is 17.1. The smallest absolute Gasteiger partial charge is 0.317 e. The highest BCUT2D eigenvalue weighted by molar-refractivity contribution is 5.94. The second kappa shape index (κ2) is 12.5. The monoisotopic (exact) mass is 324 g/mol. The lowest BCUT2D eigenvalue weighted by Crippen LogP contribution is -2.09. The summed E-state index contributed by atoms with van der Waals surface area (Å²) in [6.45, 7) is 4.52. The third-order valence-corrected chi connectivity index (χ3v) is 5.02. The van der Waals surface area contributed by atoms with Crippen LogP contribution >= 0.6 is 0 Å². The van der Waals surface area contributed by atoms with Crippen molar-refractivity contribution < 1.29 is 14.3 Å². The van der Waals surface area contributed by atoms with E-state index in [1.807, 2.05) is 0 Å². The summed E-state index contributed by atoms with van der Waals surface area (Å²) in [5, 5.41) is 0. The fourth-order valence-electron chi connectivity index (χ4n) is 3.35. The Bertz CT molecular complexity index is 338. The summed E-state index contributed by atoms with van der Waals surface area (Å²) in [5.74, 6) is -0.173. The minimum Gasteiger partial charge on any atom is -0.393 e. The Morgan fingerprint density at radius 2 is 1.48 bits per heavy atom. The van der Waals surface area contributed by atoms with Crippen molar-refractivity contribution in [2.75, 3.05) is 0 Å². The van der Waals surface area contributed by atoms with Crippen LogP contribution in [0.2, 0.25) is 0 Å². The van der Waals surface area contributed by atoms with Crippen LogP contribution in [0.15, 0.2) is 0 Å². The van der Waals surface area contributed by atoms with Gasteiger partial charge in [0, 0.05) is 0 Å². The van der Waals surface area contributed by atoms with E-state index in [-0.39, 0.29) is 17.9 Å². The van der Waals surface area contributed by atoms with Crippen LogP contribution in [0.1, 0.15) is 104 Å². The number of hydrogen-bond donors (Lipinski definition) is 0. The standard InChI is InChI=1S/C20H36O3/c1-3-4-5-6-7-8-9-10-11-12-13-17(2)14-15-18-16-19(21)23-20(18)22/h17-18H,3-16H2,1-2H3. The van der Waals surface area contributed by atoms with Gasteiger partial charge in [0.05, 0.1) is 12.3 Å². The number of rotatable bonds is 14. The molecule has 2 unspecified atom stereocenters. The molecule has 2 atom stereocenters. The Morgan fingerprint density at radius 3 is 2.00 bits per heavy atom. The fourth-order valence-corrected chi connectivity index (χ4v) is 3.35. The minimum absolute atomic E-state index is 0.169. The average Bonchev–Trinajstić information content (AvgIpc) is 2.85. The van der Waals surface area contributed by atoms with E-state index in [1.165, 1.54) is 70.6 Å². The summed E-state index contributed by atoms with van der Waals surface area (Å²) < 4.78 is 4.60. The molecule has 1 aliphatic heterocycles. The Hall–Kier alpha value is -0.860.